The quantitative estimate of drug-likeness (QED) is 0.193. The molecule has 0 aliphatic carbocycles. The summed E-state index contributed by atoms with van der Waals surface area (Å²) in [5.41, 5.74) is 11.9. The van der Waals surface area contributed by atoms with E-state index in [2.05, 4.69) is 81.3 Å². The first-order valence-corrected chi connectivity index (χ1v) is 15.2. The summed E-state index contributed by atoms with van der Waals surface area (Å²) >= 11 is 0. The van der Waals surface area contributed by atoms with Gasteiger partial charge in [-0.2, -0.15) is 0 Å². The van der Waals surface area contributed by atoms with Crippen LogP contribution in [0.2, 0.25) is 0 Å². The van der Waals surface area contributed by atoms with Crippen molar-refractivity contribution in [2.45, 2.75) is 77.7 Å². The van der Waals surface area contributed by atoms with Crippen LogP contribution < -0.4 is 30.7 Å². The summed E-state index contributed by atoms with van der Waals surface area (Å²) in [6.45, 7) is 14.8. The Kier molecular flexibility index (Phi) is 13.5. The fraction of sp³-hybridized carbons (Fsp3) is 0.457. The molecule has 4 rings (SSSR count). The van der Waals surface area contributed by atoms with E-state index in [1.807, 2.05) is 36.4 Å². The van der Waals surface area contributed by atoms with Crippen molar-refractivity contribution >= 4 is 47.9 Å². The van der Waals surface area contributed by atoms with E-state index in [0.29, 0.717) is 6.54 Å². The highest BCUT2D eigenvalue weighted by Gasteiger charge is 2.37. The molecule has 1 aliphatic heterocycles. The molecular formula is C35H50Cl2N4O3. The summed E-state index contributed by atoms with van der Waals surface area (Å²) in [4.78, 5) is 15.9. The second-order valence-corrected chi connectivity index (χ2v) is 12.3. The van der Waals surface area contributed by atoms with Crippen molar-refractivity contribution in [2.24, 2.45) is 0 Å². The molecule has 44 heavy (non-hydrogen) atoms. The standard InChI is InChI=1S/C35H48N4O3.2ClH/c1-23(2)29-20-27(36)21-30(24(3)4)33(29)38-34(40)37-22-35(26-11-10-12-28(19-26)41-7)15-17-39(18-16-35)31-13-8-9-14-32(31)42-25(5)6;;/h8-14,19-21,23-25H,15-18,22,36H2,1-7H3,(H2,37,38,40);2*1H. The van der Waals surface area contributed by atoms with Crippen LogP contribution in [-0.2, 0) is 5.41 Å². The molecule has 4 N–H and O–H groups in total. The largest absolute Gasteiger partial charge is 0.497 e. The molecule has 0 aromatic heterocycles. The normalized spacial score (nSPS) is 14.1. The van der Waals surface area contributed by atoms with Gasteiger partial charge in [0.25, 0.3) is 0 Å². The highest BCUT2D eigenvalue weighted by molar-refractivity contribution is 5.92. The number of methoxy groups -OCH3 is 1. The minimum Gasteiger partial charge on any atom is -0.497 e. The van der Waals surface area contributed by atoms with Crippen molar-refractivity contribution in [2.75, 3.05) is 42.7 Å². The number of halogens is 2. The molecule has 1 aliphatic rings. The summed E-state index contributed by atoms with van der Waals surface area (Å²) < 4.78 is 11.7. The second kappa shape index (κ2) is 16.1. The van der Waals surface area contributed by atoms with Gasteiger partial charge in [-0.25, -0.2) is 4.79 Å². The average Bonchev–Trinajstić information content (AvgIpc) is 2.97. The molecule has 7 nitrogen and oxygen atoms in total. The third-order valence-corrected chi connectivity index (χ3v) is 8.26. The monoisotopic (exact) mass is 644 g/mol. The molecule has 3 aromatic carbocycles. The molecule has 0 saturated carbocycles. The fourth-order valence-electron chi connectivity index (χ4n) is 5.94. The Hall–Kier alpha value is -3.29. The third kappa shape index (κ3) is 8.66. The predicted octanol–water partition coefficient (Wildman–Crippen LogP) is 8.51. The van der Waals surface area contributed by atoms with E-state index in [1.165, 1.54) is 5.56 Å². The van der Waals surface area contributed by atoms with Gasteiger partial charge in [0.1, 0.15) is 11.5 Å². The van der Waals surface area contributed by atoms with Gasteiger partial charge in [0.05, 0.1) is 18.9 Å². The number of nitrogens with zero attached hydrogens (tertiary/aromatic N) is 1. The van der Waals surface area contributed by atoms with E-state index < -0.39 is 0 Å². The smallest absolute Gasteiger partial charge is 0.319 e. The molecule has 0 spiro atoms. The minimum absolute atomic E-state index is 0. The van der Waals surface area contributed by atoms with Crippen LogP contribution in [0, 0.1) is 0 Å². The number of benzene rings is 3. The number of nitrogens with one attached hydrogen (secondary N) is 2. The summed E-state index contributed by atoms with van der Waals surface area (Å²) in [5, 5.41) is 6.45. The lowest BCUT2D eigenvalue weighted by molar-refractivity contribution is 0.240. The minimum atomic E-state index is -0.251. The van der Waals surface area contributed by atoms with Gasteiger partial charge < -0.3 is 30.7 Å². The van der Waals surface area contributed by atoms with Gasteiger partial charge >= 0.3 is 6.03 Å². The van der Waals surface area contributed by atoms with Crippen molar-refractivity contribution in [1.82, 2.24) is 5.32 Å². The molecular weight excluding hydrogens is 595 g/mol. The topological polar surface area (TPSA) is 88.8 Å². The Morgan fingerprint density at radius 2 is 1.52 bits per heavy atom. The first-order chi connectivity index (χ1) is 20.0. The van der Waals surface area contributed by atoms with Crippen LogP contribution in [0.1, 0.15) is 82.9 Å². The van der Waals surface area contributed by atoms with E-state index in [-0.39, 0.29) is 54.2 Å². The molecule has 0 radical (unpaired) electrons. The van der Waals surface area contributed by atoms with Crippen molar-refractivity contribution in [3.05, 3.63) is 77.4 Å². The Labute approximate surface area is 276 Å². The lowest BCUT2D eigenvalue weighted by Crippen LogP contribution is -2.50. The van der Waals surface area contributed by atoms with E-state index >= 15 is 0 Å². The van der Waals surface area contributed by atoms with Gasteiger partial charge in [-0.05, 0) is 91.6 Å². The zero-order valence-electron chi connectivity index (χ0n) is 27.1. The zero-order valence-corrected chi connectivity index (χ0v) is 28.7. The number of anilines is 3. The number of hydrogen-bond donors (Lipinski definition) is 3. The number of para-hydroxylation sites is 2. The van der Waals surface area contributed by atoms with Gasteiger partial charge in [0.15, 0.2) is 0 Å². The van der Waals surface area contributed by atoms with Gasteiger partial charge in [0.2, 0.25) is 0 Å². The number of nitrogen functional groups attached to an aromatic ring is 1. The highest BCUT2D eigenvalue weighted by Crippen LogP contribution is 2.40. The van der Waals surface area contributed by atoms with Crippen LogP contribution in [0.4, 0.5) is 21.9 Å². The number of rotatable bonds is 10. The van der Waals surface area contributed by atoms with Crippen LogP contribution in [0.3, 0.4) is 0 Å². The number of carbonyl (C=O) groups is 1. The van der Waals surface area contributed by atoms with E-state index in [9.17, 15) is 4.79 Å². The Balaban J connectivity index is 0.00000337. The third-order valence-electron chi connectivity index (χ3n) is 8.26. The SMILES string of the molecule is COc1cccc(C2(CNC(=O)Nc3c(C(C)C)cc(N)cc3C(C)C)CCN(c3ccccc3OC(C)C)CC2)c1.Cl.Cl. The molecule has 1 fully saturated rings. The lowest BCUT2D eigenvalue weighted by Gasteiger charge is -2.43. The number of urea groups is 1. The van der Waals surface area contributed by atoms with Crippen LogP contribution >= 0.6 is 24.8 Å². The summed E-state index contributed by atoms with van der Waals surface area (Å²) in [6.07, 6.45) is 1.84. The predicted molar refractivity (Wildman–Crippen MR) is 189 cm³/mol. The second-order valence-electron chi connectivity index (χ2n) is 12.3. The fourth-order valence-corrected chi connectivity index (χ4v) is 5.94. The summed E-state index contributed by atoms with van der Waals surface area (Å²) in [6, 6.07) is 20.3. The zero-order chi connectivity index (χ0) is 30.4. The van der Waals surface area contributed by atoms with Gasteiger partial charge in [0, 0.05) is 36.4 Å². The van der Waals surface area contributed by atoms with Crippen molar-refractivity contribution < 1.29 is 14.3 Å². The Morgan fingerprint density at radius 3 is 2.09 bits per heavy atom. The van der Waals surface area contributed by atoms with Crippen molar-refractivity contribution in [3.63, 3.8) is 0 Å². The number of piperidine rings is 1. The first-order valence-electron chi connectivity index (χ1n) is 15.2. The van der Waals surface area contributed by atoms with Crippen LogP contribution in [-0.4, -0.2) is 38.9 Å². The Morgan fingerprint density at radius 1 is 0.909 bits per heavy atom. The van der Waals surface area contributed by atoms with Gasteiger partial charge in [-0.15, -0.1) is 24.8 Å². The molecule has 0 atom stereocenters. The van der Waals surface area contributed by atoms with Gasteiger partial charge in [-0.3, -0.25) is 0 Å². The maximum atomic E-state index is 13.5. The van der Waals surface area contributed by atoms with Crippen molar-refractivity contribution in [3.8, 4) is 11.5 Å². The lowest BCUT2D eigenvalue weighted by atomic mass is 9.72. The maximum absolute atomic E-state index is 13.5. The molecule has 1 saturated heterocycles. The van der Waals surface area contributed by atoms with Gasteiger partial charge in [-0.1, -0.05) is 52.0 Å². The van der Waals surface area contributed by atoms with Crippen LogP contribution in [0.25, 0.3) is 0 Å². The number of nitrogens with two attached hydrogens (primary N) is 1. The average molecular weight is 646 g/mol. The highest BCUT2D eigenvalue weighted by atomic mass is 35.5. The summed E-state index contributed by atoms with van der Waals surface area (Å²) in [7, 11) is 1.69. The van der Waals surface area contributed by atoms with E-state index in [4.69, 9.17) is 15.2 Å². The van der Waals surface area contributed by atoms with E-state index in [0.717, 1.165) is 65.6 Å². The number of ether oxygens (including phenoxy) is 2. The molecule has 0 unspecified atom stereocenters. The molecule has 3 aromatic rings. The number of hydrogen-bond acceptors (Lipinski definition) is 5. The Bertz CT molecular complexity index is 1340. The summed E-state index contributed by atoms with van der Waals surface area (Å²) in [5.74, 6) is 2.16. The molecule has 9 heteroatoms. The van der Waals surface area contributed by atoms with Crippen LogP contribution in [0.15, 0.2) is 60.7 Å². The molecule has 1 heterocycles. The number of carbonyl (C=O) groups excluding carboxylic acids is 1. The van der Waals surface area contributed by atoms with Crippen LogP contribution in [0.5, 0.6) is 11.5 Å². The molecule has 2 amide bonds. The number of amides is 2. The van der Waals surface area contributed by atoms with E-state index in [1.54, 1.807) is 7.11 Å². The maximum Gasteiger partial charge on any atom is 0.319 e. The molecule has 0 bridgehead atoms. The molecule has 242 valence electrons. The first kappa shape index (κ1) is 36.9. The van der Waals surface area contributed by atoms with Crippen molar-refractivity contribution in [1.29, 1.82) is 0 Å².